The van der Waals surface area contributed by atoms with Crippen molar-refractivity contribution >= 4 is 39.6 Å². The summed E-state index contributed by atoms with van der Waals surface area (Å²) in [5, 5.41) is 22.3. The molecule has 0 radical (unpaired) electrons. The van der Waals surface area contributed by atoms with E-state index in [-0.39, 0.29) is 12.3 Å². The molecular weight excluding hydrogens is 441 g/mol. The van der Waals surface area contributed by atoms with Gasteiger partial charge in [0.25, 0.3) is 0 Å². The Morgan fingerprint density at radius 3 is 2.58 bits per heavy atom. The van der Waals surface area contributed by atoms with Gasteiger partial charge >= 0.3 is 5.97 Å². The quantitative estimate of drug-likeness (QED) is 0.307. The van der Waals surface area contributed by atoms with Crippen LogP contribution in [0.2, 0.25) is 0 Å². The fraction of sp³-hybridized carbons (Fsp3) is 0.200. The Kier molecular flexibility index (Phi) is 6.57. The molecule has 4 rings (SSSR count). The van der Waals surface area contributed by atoms with Gasteiger partial charge in [0.2, 0.25) is 0 Å². The third kappa shape index (κ3) is 5.30. The highest BCUT2D eigenvalue weighted by molar-refractivity contribution is 7.12. The summed E-state index contributed by atoms with van der Waals surface area (Å²) >= 11 is 1.43. The molecule has 2 aromatic heterocycles. The van der Waals surface area contributed by atoms with Crippen molar-refractivity contribution in [3.05, 3.63) is 81.3 Å². The van der Waals surface area contributed by atoms with Crippen LogP contribution >= 0.6 is 11.3 Å². The number of nitrogens with one attached hydrogen (secondary N) is 1. The number of nitrogens with zero attached hydrogens (tertiary/aromatic N) is 2. The van der Waals surface area contributed by atoms with Crippen LogP contribution in [0.15, 0.2) is 58.9 Å². The molecule has 170 valence electrons. The van der Waals surface area contributed by atoms with Crippen molar-refractivity contribution in [2.45, 2.75) is 19.4 Å². The minimum Gasteiger partial charge on any atom is -0.494 e. The molecule has 2 aromatic carbocycles. The SMILES string of the molecule is CN(C)Cc1ccc(N=C(c2cc(CCC(=O)O)cs2)c2c(O)[nH]c3cc(F)ccc23)cc1. The Labute approximate surface area is 194 Å². The van der Waals surface area contributed by atoms with E-state index < -0.39 is 11.8 Å². The molecule has 0 aliphatic heterocycles. The van der Waals surface area contributed by atoms with Gasteiger partial charge in [-0.25, -0.2) is 9.38 Å². The molecule has 2 heterocycles. The number of aromatic hydroxyl groups is 1. The van der Waals surface area contributed by atoms with Crippen LogP contribution in [0, 0.1) is 5.82 Å². The van der Waals surface area contributed by atoms with E-state index in [2.05, 4.69) is 9.88 Å². The molecule has 0 spiro atoms. The van der Waals surface area contributed by atoms with Crippen molar-refractivity contribution in [2.24, 2.45) is 4.99 Å². The fourth-order valence-corrected chi connectivity index (χ4v) is 4.62. The van der Waals surface area contributed by atoms with E-state index in [9.17, 15) is 14.3 Å². The molecular formula is C25H24FN3O3S. The number of benzene rings is 2. The maximum Gasteiger partial charge on any atom is 0.303 e. The Hall–Kier alpha value is -3.49. The summed E-state index contributed by atoms with van der Waals surface area (Å²) in [6, 6.07) is 14.0. The first-order valence-electron chi connectivity index (χ1n) is 10.4. The molecule has 3 N–H and O–H groups in total. The average Bonchev–Trinajstić information content (AvgIpc) is 3.35. The zero-order valence-corrected chi connectivity index (χ0v) is 19.1. The fourth-order valence-electron chi connectivity index (χ4n) is 3.68. The van der Waals surface area contributed by atoms with E-state index in [0.29, 0.717) is 34.3 Å². The van der Waals surface area contributed by atoms with Gasteiger partial charge in [-0.2, -0.15) is 0 Å². The molecule has 33 heavy (non-hydrogen) atoms. The standard InChI is InChI=1S/C25H24FN3O3S/c1-29(2)13-15-3-7-18(8-4-15)27-24(21-11-16(14-33-21)5-10-22(30)31)23-19-9-6-17(26)12-20(19)28-25(23)32/h3-4,6-9,11-12,14,28,32H,5,10,13H2,1-2H3,(H,30,31). The number of thiophene rings is 1. The second-order valence-electron chi connectivity index (χ2n) is 8.12. The number of halogens is 1. The number of rotatable bonds is 8. The van der Waals surface area contributed by atoms with Crippen molar-refractivity contribution in [1.82, 2.24) is 9.88 Å². The molecule has 8 heteroatoms. The van der Waals surface area contributed by atoms with Crippen LogP contribution in [-0.2, 0) is 17.8 Å². The Morgan fingerprint density at radius 2 is 1.88 bits per heavy atom. The highest BCUT2D eigenvalue weighted by Gasteiger charge is 2.20. The highest BCUT2D eigenvalue weighted by Crippen LogP contribution is 2.33. The normalized spacial score (nSPS) is 12.1. The lowest BCUT2D eigenvalue weighted by molar-refractivity contribution is -0.136. The van der Waals surface area contributed by atoms with E-state index in [1.807, 2.05) is 49.8 Å². The van der Waals surface area contributed by atoms with Gasteiger partial charge in [-0.15, -0.1) is 11.3 Å². The summed E-state index contributed by atoms with van der Waals surface area (Å²) < 4.78 is 13.7. The molecule has 0 saturated carbocycles. The first-order chi connectivity index (χ1) is 15.8. The molecule has 6 nitrogen and oxygen atoms in total. The molecule has 4 aromatic rings. The first-order valence-corrected chi connectivity index (χ1v) is 11.3. The Morgan fingerprint density at radius 1 is 1.12 bits per heavy atom. The predicted octanol–water partition coefficient (Wildman–Crippen LogP) is 5.32. The number of aromatic nitrogens is 1. The summed E-state index contributed by atoms with van der Waals surface area (Å²) in [7, 11) is 4.01. The summed E-state index contributed by atoms with van der Waals surface area (Å²) in [5.74, 6) is -1.36. The van der Waals surface area contributed by atoms with Gasteiger partial charge in [0.1, 0.15) is 5.82 Å². The number of hydrogen-bond donors (Lipinski definition) is 3. The number of aliphatic imine (C=N–C) groups is 1. The van der Waals surface area contributed by atoms with Crippen molar-refractivity contribution in [3.63, 3.8) is 0 Å². The van der Waals surface area contributed by atoms with Gasteiger partial charge in [-0.3, -0.25) is 4.79 Å². The lowest BCUT2D eigenvalue weighted by atomic mass is 10.0. The number of aryl methyl sites for hydroxylation is 1. The number of carboxylic acid groups (broad SMARTS) is 1. The van der Waals surface area contributed by atoms with Crippen molar-refractivity contribution in [1.29, 1.82) is 0 Å². The number of H-pyrrole nitrogens is 1. The monoisotopic (exact) mass is 465 g/mol. The molecule has 0 atom stereocenters. The second-order valence-corrected chi connectivity index (χ2v) is 9.03. The largest absolute Gasteiger partial charge is 0.494 e. The van der Waals surface area contributed by atoms with E-state index in [1.165, 1.54) is 23.5 Å². The van der Waals surface area contributed by atoms with E-state index in [0.717, 1.165) is 22.5 Å². The van der Waals surface area contributed by atoms with Gasteiger partial charge < -0.3 is 20.1 Å². The smallest absolute Gasteiger partial charge is 0.303 e. The lowest BCUT2D eigenvalue weighted by Crippen LogP contribution is -2.10. The van der Waals surface area contributed by atoms with Crippen LogP contribution in [0.1, 0.15) is 28.0 Å². The molecule has 0 unspecified atom stereocenters. The topological polar surface area (TPSA) is 88.9 Å². The van der Waals surface area contributed by atoms with E-state index in [4.69, 9.17) is 10.1 Å². The summed E-state index contributed by atoms with van der Waals surface area (Å²) in [4.78, 5) is 21.5. The summed E-state index contributed by atoms with van der Waals surface area (Å²) in [6.45, 7) is 0.809. The first kappa shape index (κ1) is 22.7. The molecule has 0 aliphatic rings. The van der Waals surface area contributed by atoms with Gasteiger partial charge in [-0.05, 0) is 73.4 Å². The summed E-state index contributed by atoms with van der Waals surface area (Å²) in [6.07, 6.45) is 0.441. The third-order valence-electron chi connectivity index (χ3n) is 5.17. The van der Waals surface area contributed by atoms with Gasteiger partial charge in [-0.1, -0.05) is 12.1 Å². The maximum atomic E-state index is 13.7. The third-order valence-corrected chi connectivity index (χ3v) is 6.15. The molecule has 0 aliphatic carbocycles. The van der Waals surface area contributed by atoms with Gasteiger partial charge in [0, 0.05) is 18.4 Å². The Balaban J connectivity index is 1.81. The van der Waals surface area contributed by atoms with Crippen LogP contribution in [0.5, 0.6) is 5.88 Å². The van der Waals surface area contributed by atoms with Crippen LogP contribution in [0.4, 0.5) is 10.1 Å². The zero-order valence-electron chi connectivity index (χ0n) is 18.3. The van der Waals surface area contributed by atoms with Gasteiger partial charge in [0.05, 0.1) is 27.4 Å². The number of hydrogen-bond acceptors (Lipinski definition) is 5. The number of fused-ring (bicyclic) bond motifs is 1. The van der Waals surface area contributed by atoms with Crippen LogP contribution < -0.4 is 0 Å². The van der Waals surface area contributed by atoms with Gasteiger partial charge in [0.15, 0.2) is 5.88 Å². The maximum absolute atomic E-state index is 13.7. The Bertz CT molecular complexity index is 1320. The number of carbonyl (C=O) groups is 1. The van der Waals surface area contributed by atoms with Crippen LogP contribution in [0.3, 0.4) is 0 Å². The molecule has 0 amide bonds. The summed E-state index contributed by atoms with van der Waals surface area (Å²) in [5.41, 5.74) is 4.24. The minimum atomic E-state index is -0.856. The van der Waals surface area contributed by atoms with Crippen molar-refractivity contribution in [2.75, 3.05) is 14.1 Å². The zero-order chi connectivity index (χ0) is 23.5. The van der Waals surface area contributed by atoms with Crippen molar-refractivity contribution in [3.8, 4) is 5.88 Å². The molecule has 0 fully saturated rings. The van der Waals surface area contributed by atoms with E-state index >= 15 is 0 Å². The molecule has 0 bridgehead atoms. The van der Waals surface area contributed by atoms with Crippen LogP contribution in [0.25, 0.3) is 10.9 Å². The highest BCUT2D eigenvalue weighted by atomic mass is 32.1. The number of carboxylic acids is 1. The predicted molar refractivity (Wildman–Crippen MR) is 129 cm³/mol. The van der Waals surface area contributed by atoms with E-state index in [1.54, 1.807) is 6.07 Å². The van der Waals surface area contributed by atoms with Crippen molar-refractivity contribution < 1.29 is 19.4 Å². The number of aromatic amines is 1. The molecule has 0 saturated heterocycles. The lowest BCUT2D eigenvalue weighted by Gasteiger charge is -2.10. The second kappa shape index (κ2) is 9.56. The minimum absolute atomic E-state index is 0.0353. The average molecular weight is 466 g/mol. The van der Waals surface area contributed by atoms with Crippen LogP contribution in [-0.4, -0.2) is 45.9 Å². The number of aliphatic carboxylic acids is 1.